The molecule has 1 aromatic heterocycles. The molecule has 1 rings (SSSR count). The number of aromatic nitrogens is 2. The summed E-state index contributed by atoms with van der Waals surface area (Å²) in [4.78, 5) is 1.43. The van der Waals surface area contributed by atoms with Gasteiger partial charge in [0.1, 0.15) is 0 Å². The Morgan fingerprint density at radius 2 is 1.88 bits per heavy atom. The van der Waals surface area contributed by atoms with Gasteiger partial charge in [0.15, 0.2) is 0 Å². The van der Waals surface area contributed by atoms with Crippen molar-refractivity contribution in [1.29, 1.82) is 0 Å². The largest absolute Gasteiger partial charge is 0.402 e. The monoisotopic (exact) mass is 278 g/mol. The van der Waals surface area contributed by atoms with Crippen LogP contribution >= 0.6 is 6.72 Å². The predicted octanol–water partition coefficient (Wildman–Crippen LogP) is 2.48. The molecule has 0 bridgehead atoms. The van der Waals surface area contributed by atoms with Gasteiger partial charge in [0.25, 0.3) is 0 Å². The van der Waals surface area contributed by atoms with Crippen molar-refractivity contribution < 1.29 is 13.7 Å². The minimum atomic E-state index is -2.73. The van der Waals surface area contributed by atoms with Crippen LogP contribution in [0.5, 0.6) is 0 Å². The first-order valence-corrected chi connectivity index (χ1v) is 8.25. The van der Waals surface area contributed by atoms with E-state index in [-0.39, 0.29) is 0 Å². The third kappa shape index (κ3) is 4.07. The molecule has 0 saturated carbocycles. The minimum Gasteiger partial charge on any atom is -0.315 e. The summed E-state index contributed by atoms with van der Waals surface area (Å²) in [6, 6.07) is 1.96. The van der Waals surface area contributed by atoms with Gasteiger partial charge in [0.2, 0.25) is 0 Å². The highest BCUT2D eigenvalue weighted by molar-refractivity contribution is 8.07. The molecule has 17 heavy (non-hydrogen) atoms. The van der Waals surface area contributed by atoms with Crippen LogP contribution in [0.1, 0.15) is 32.2 Å². The third-order valence-electron chi connectivity index (χ3n) is 1.98. The van der Waals surface area contributed by atoms with Crippen molar-refractivity contribution in [2.75, 3.05) is 13.2 Å². The highest BCUT2D eigenvalue weighted by Crippen LogP contribution is 2.46. The van der Waals surface area contributed by atoms with E-state index in [0.29, 0.717) is 13.2 Å². The normalized spacial score (nSPS) is 11.8. The van der Waals surface area contributed by atoms with Gasteiger partial charge in [0, 0.05) is 11.8 Å². The number of hydrogen-bond acceptors (Lipinski definition) is 5. The van der Waals surface area contributed by atoms with Gasteiger partial charge < -0.3 is 4.62 Å². The summed E-state index contributed by atoms with van der Waals surface area (Å²) >= 11 is 5.28. The van der Waals surface area contributed by atoms with Crippen molar-refractivity contribution in [3.05, 3.63) is 17.5 Å². The van der Waals surface area contributed by atoms with E-state index in [1.165, 1.54) is 4.85 Å². The van der Waals surface area contributed by atoms with Crippen molar-refractivity contribution in [3.8, 4) is 0 Å². The van der Waals surface area contributed by atoms with Crippen LogP contribution in [0.15, 0.2) is 6.07 Å². The Labute approximate surface area is 107 Å². The second-order valence-electron chi connectivity index (χ2n) is 3.37. The van der Waals surface area contributed by atoms with Gasteiger partial charge in [-0.05, 0) is 33.3 Å². The van der Waals surface area contributed by atoms with E-state index in [0.717, 1.165) is 17.8 Å². The van der Waals surface area contributed by atoms with Gasteiger partial charge in [-0.2, -0.15) is 0 Å². The molecule has 0 fully saturated rings. The Morgan fingerprint density at radius 3 is 2.35 bits per heavy atom. The first-order valence-electron chi connectivity index (χ1n) is 5.69. The van der Waals surface area contributed by atoms with E-state index in [9.17, 15) is 0 Å². The Balaban J connectivity index is 2.88. The Morgan fingerprint density at radius 1 is 1.29 bits per heavy atom. The lowest BCUT2D eigenvalue weighted by atomic mass is 10.3. The SMILES string of the molecule is CCOP(=S)(OCC)On1nc(C)cc1CC. The maximum Gasteiger partial charge on any atom is 0.402 e. The minimum absolute atomic E-state index is 0.457. The van der Waals surface area contributed by atoms with E-state index in [1.54, 1.807) is 0 Å². The Bertz CT molecular complexity index is 398. The van der Waals surface area contributed by atoms with Crippen LogP contribution in [0.2, 0.25) is 0 Å². The lowest BCUT2D eigenvalue weighted by Gasteiger charge is -2.20. The molecule has 0 unspecified atom stereocenters. The topological polar surface area (TPSA) is 45.5 Å². The quantitative estimate of drug-likeness (QED) is 0.717. The zero-order chi connectivity index (χ0) is 12.9. The highest BCUT2D eigenvalue weighted by atomic mass is 32.5. The maximum atomic E-state index is 5.61. The van der Waals surface area contributed by atoms with E-state index in [1.807, 2.05) is 33.8 Å². The van der Waals surface area contributed by atoms with Crippen molar-refractivity contribution >= 4 is 18.5 Å². The molecule has 98 valence electrons. The zero-order valence-corrected chi connectivity index (χ0v) is 12.4. The molecular formula is C10H19N2O3PS. The smallest absolute Gasteiger partial charge is 0.315 e. The number of nitrogens with zero attached hydrogens (tertiary/aromatic N) is 2. The average Bonchev–Trinajstić information content (AvgIpc) is 2.58. The number of hydrogen-bond donors (Lipinski definition) is 0. The molecule has 0 aliphatic carbocycles. The second-order valence-corrected chi connectivity index (χ2v) is 6.28. The summed E-state index contributed by atoms with van der Waals surface area (Å²) in [6.45, 7) is 5.84. The fourth-order valence-electron chi connectivity index (χ4n) is 1.34. The van der Waals surface area contributed by atoms with Crippen LogP contribution in [0.4, 0.5) is 0 Å². The molecule has 7 heteroatoms. The molecule has 0 aliphatic heterocycles. The second kappa shape index (κ2) is 6.50. The standard InChI is InChI=1S/C10H19N2O3PS/c1-5-10-8-9(4)11-12(10)15-16(17,13-6-2)14-7-3/h8H,5-7H2,1-4H3. The average molecular weight is 278 g/mol. The molecule has 0 aromatic carbocycles. The lowest BCUT2D eigenvalue weighted by molar-refractivity contribution is 0.133. The summed E-state index contributed by atoms with van der Waals surface area (Å²) in [5.41, 5.74) is 1.84. The van der Waals surface area contributed by atoms with E-state index in [2.05, 4.69) is 5.10 Å². The van der Waals surface area contributed by atoms with Gasteiger partial charge in [0.05, 0.1) is 24.6 Å². The molecular weight excluding hydrogens is 259 g/mol. The summed E-state index contributed by atoms with van der Waals surface area (Å²) in [6.07, 6.45) is 0.814. The summed E-state index contributed by atoms with van der Waals surface area (Å²) < 4.78 is 16.4. The van der Waals surface area contributed by atoms with Gasteiger partial charge in [-0.25, -0.2) is 0 Å². The third-order valence-corrected chi connectivity index (χ3v) is 4.32. The maximum absolute atomic E-state index is 5.61. The number of aryl methyl sites for hydroxylation is 2. The molecule has 0 amide bonds. The molecule has 0 spiro atoms. The van der Waals surface area contributed by atoms with Crippen molar-refractivity contribution in [2.45, 2.75) is 34.1 Å². The van der Waals surface area contributed by atoms with Crippen LogP contribution < -0.4 is 4.62 Å². The zero-order valence-electron chi connectivity index (χ0n) is 10.7. The van der Waals surface area contributed by atoms with E-state index < -0.39 is 6.72 Å². The van der Waals surface area contributed by atoms with Crippen molar-refractivity contribution in [2.24, 2.45) is 0 Å². The van der Waals surface area contributed by atoms with Crippen LogP contribution in [0.25, 0.3) is 0 Å². The molecule has 1 heterocycles. The molecule has 0 radical (unpaired) electrons. The van der Waals surface area contributed by atoms with Gasteiger partial charge in [-0.15, -0.1) is 5.10 Å². The predicted molar refractivity (Wildman–Crippen MR) is 70.5 cm³/mol. The van der Waals surface area contributed by atoms with E-state index >= 15 is 0 Å². The molecule has 0 N–H and O–H groups in total. The summed E-state index contributed by atoms with van der Waals surface area (Å²) in [5.74, 6) is 0. The summed E-state index contributed by atoms with van der Waals surface area (Å²) in [7, 11) is 0. The fraction of sp³-hybridized carbons (Fsp3) is 0.700. The first kappa shape index (κ1) is 14.6. The van der Waals surface area contributed by atoms with Gasteiger partial charge in [-0.1, -0.05) is 11.8 Å². The number of rotatable bonds is 7. The van der Waals surface area contributed by atoms with Crippen molar-refractivity contribution in [3.63, 3.8) is 0 Å². The van der Waals surface area contributed by atoms with Crippen LogP contribution in [0.3, 0.4) is 0 Å². The van der Waals surface area contributed by atoms with Crippen LogP contribution in [-0.2, 0) is 27.3 Å². The molecule has 1 aromatic rings. The van der Waals surface area contributed by atoms with Crippen LogP contribution in [-0.4, -0.2) is 23.2 Å². The Kier molecular flexibility index (Phi) is 5.59. The molecule has 0 aliphatic rings. The van der Waals surface area contributed by atoms with Gasteiger partial charge in [-0.3, -0.25) is 9.05 Å². The van der Waals surface area contributed by atoms with E-state index in [4.69, 9.17) is 25.5 Å². The fourth-order valence-corrected chi connectivity index (χ4v) is 3.29. The van der Waals surface area contributed by atoms with Crippen molar-refractivity contribution in [1.82, 2.24) is 9.94 Å². The lowest BCUT2D eigenvalue weighted by Crippen LogP contribution is -2.16. The molecule has 5 nitrogen and oxygen atoms in total. The summed E-state index contributed by atoms with van der Waals surface area (Å²) in [5, 5.41) is 4.23. The van der Waals surface area contributed by atoms with Gasteiger partial charge >= 0.3 is 6.72 Å². The first-order chi connectivity index (χ1) is 8.04. The Hall–Kier alpha value is -0.420. The molecule has 0 saturated heterocycles. The highest BCUT2D eigenvalue weighted by Gasteiger charge is 2.23. The molecule has 0 atom stereocenters. The van der Waals surface area contributed by atoms with Crippen LogP contribution in [0, 0.1) is 6.92 Å².